The van der Waals surface area contributed by atoms with Gasteiger partial charge in [-0.15, -0.1) is 6.58 Å². The number of hydrogen-bond acceptors (Lipinski definition) is 3. The second-order valence-corrected chi connectivity index (χ2v) is 5.06. The van der Waals surface area contributed by atoms with Crippen LogP contribution in [0.25, 0.3) is 0 Å². The Labute approximate surface area is 130 Å². The number of carboxylic acids is 1. The van der Waals surface area contributed by atoms with E-state index in [0.29, 0.717) is 5.56 Å². The number of nitrogens with zero attached hydrogens (tertiary/aromatic N) is 1. The minimum absolute atomic E-state index is 0.0696. The monoisotopic (exact) mass is 303 g/mol. The van der Waals surface area contributed by atoms with Crippen molar-refractivity contribution in [1.82, 2.24) is 4.90 Å². The molecule has 0 aliphatic heterocycles. The van der Waals surface area contributed by atoms with Crippen LogP contribution < -0.4 is 0 Å². The second kappa shape index (κ2) is 8.77. The van der Waals surface area contributed by atoms with Crippen molar-refractivity contribution < 1.29 is 19.5 Å². The molecule has 0 bridgehead atoms. The predicted octanol–water partition coefficient (Wildman–Crippen LogP) is 2.45. The molecule has 0 atom stereocenters. The van der Waals surface area contributed by atoms with Crippen LogP contribution >= 0.6 is 0 Å². The number of aryl methyl sites for hydroxylation is 1. The van der Waals surface area contributed by atoms with E-state index in [4.69, 9.17) is 5.11 Å². The highest BCUT2D eigenvalue weighted by atomic mass is 16.4. The fourth-order valence-corrected chi connectivity index (χ4v) is 1.97. The van der Waals surface area contributed by atoms with Gasteiger partial charge in [0.1, 0.15) is 0 Å². The van der Waals surface area contributed by atoms with Gasteiger partial charge in [0, 0.05) is 31.5 Å². The van der Waals surface area contributed by atoms with Gasteiger partial charge in [-0.3, -0.25) is 14.4 Å². The molecule has 0 fully saturated rings. The number of rotatable bonds is 9. The molecule has 0 saturated carbocycles. The van der Waals surface area contributed by atoms with Crippen molar-refractivity contribution in [3.05, 3.63) is 48.0 Å². The van der Waals surface area contributed by atoms with E-state index in [2.05, 4.69) is 6.58 Å². The van der Waals surface area contributed by atoms with Crippen LogP contribution in [-0.2, 0) is 9.59 Å². The zero-order valence-corrected chi connectivity index (χ0v) is 12.7. The zero-order valence-electron chi connectivity index (χ0n) is 12.7. The van der Waals surface area contributed by atoms with E-state index >= 15 is 0 Å². The molecule has 1 aromatic carbocycles. The van der Waals surface area contributed by atoms with Crippen molar-refractivity contribution in [1.29, 1.82) is 0 Å². The summed E-state index contributed by atoms with van der Waals surface area (Å²) in [6, 6.07) is 7.19. The summed E-state index contributed by atoms with van der Waals surface area (Å²) in [4.78, 5) is 36.1. The number of amides is 1. The lowest BCUT2D eigenvalue weighted by atomic mass is 10.0. The lowest BCUT2D eigenvalue weighted by Crippen LogP contribution is -2.33. The van der Waals surface area contributed by atoms with Gasteiger partial charge < -0.3 is 10.0 Å². The van der Waals surface area contributed by atoms with Crippen LogP contribution in [0.2, 0.25) is 0 Å². The molecule has 5 heteroatoms. The van der Waals surface area contributed by atoms with Gasteiger partial charge in [-0.25, -0.2) is 0 Å². The summed E-state index contributed by atoms with van der Waals surface area (Å²) in [7, 11) is 0. The summed E-state index contributed by atoms with van der Waals surface area (Å²) in [6.45, 7) is 5.90. The van der Waals surface area contributed by atoms with Crippen LogP contribution in [-0.4, -0.2) is 40.8 Å². The summed E-state index contributed by atoms with van der Waals surface area (Å²) in [5, 5.41) is 8.68. The van der Waals surface area contributed by atoms with Gasteiger partial charge in [-0.05, 0) is 6.92 Å². The zero-order chi connectivity index (χ0) is 16.5. The molecule has 1 aromatic rings. The fourth-order valence-electron chi connectivity index (χ4n) is 1.97. The summed E-state index contributed by atoms with van der Waals surface area (Å²) < 4.78 is 0. The molecule has 0 aliphatic rings. The van der Waals surface area contributed by atoms with Gasteiger partial charge in [0.05, 0.1) is 6.42 Å². The number of carbonyl (C=O) groups is 3. The SMILES string of the molecule is C=CCN(CCC(=O)O)C(=O)CCC(=O)c1ccc(C)cc1. The number of aliphatic carboxylic acids is 1. The van der Waals surface area contributed by atoms with Gasteiger partial charge in [-0.1, -0.05) is 35.9 Å². The quantitative estimate of drug-likeness (QED) is 0.561. The Hall–Kier alpha value is -2.43. The number of hydrogen-bond donors (Lipinski definition) is 1. The molecule has 0 unspecified atom stereocenters. The Morgan fingerprint density at radius 3 is 2.32 bits per heavy atom. The maximum Gasteiger partial charge on any atom is 0.305 e. The molecular formula is C17H21NO4. The Kier molecular flexibility index (Phi) is 7.02. The summed E-state index contributed by atoms with van der Waals surface area (Å²) >= 11 is 0. The molecule has 0 aromatic heterocycles. The summed E-state index contributed by atoms with van der Waals surface area (Å²) in [6.07, 6.45) is 1.61. The first-order valence-electron chi connectivity index (χ1n) is 7.14. The molecule has 0 radical (unpaired) electrons. The maximum absolute atomic E-state index is 12.1. The van der Waals surface area contributed by atoms with Crippen molar-refractivity contribution in [3.63, 3.8) is 0 Å². The van der Waals surface area contributed by atoms with Gasteiger partial charge >= 0.3 is 5.97 Å². The predicted molar refractivity (Wildman–Crippen MR) is 83.8 cm³/mol. The molecule has 1 N–H and O–H groups in total. The van der Waals surface area contributed by atoms with Gasteiger partial charge in [0.2, 0.25) is 5.91 Å². The van der Waals surface area contributed by atoms with Crippen molar-refractivity contribution >= 4 is 17.7 Å². The molecular weight excluding hydrogens is 282 g/mol. The minimum Gasteiger partial charge on any atom is -0.481 e. The van der Waals surface area contributed by atoms with Crippen LogP contribution in [0.4, 0.5) is 0 Å². The minimum atomic E-state index is -0.961. The maximum atomic E-state index is 12.1. The fraction of sp³-hybridized carbons (Fsp3) is 0.353. The van der Waals surface area contributed by atoms with Gasteiger partial charge in [-0.2, -0.15) is 0 Å². The molecule has 1 rings (SSSR count). The number of carbonyl (C=O) groups excluding carboxylic acids is 2. The standard InChI is InChI=1S/C17H21NO4/c1-3-11-18(12-10-17(21)22)16(20)9-8-15(19)14-6-4-13(2)5-7-14/h3-7H,1,8-12H2,2H3,(H,21,22). The molecule has 1 amide bonds. The highest BCUT2D eigenvalue weighted by Crippen LogP contribution is 2.09. The van der Waals surface area contributed by atoms with E-state index in [-0.39, 0.29) is 44.0 Å². The molecule has 0 heterocycles. The third-order valence-corrected chi connectivity index (χ3v) is 3.24. The van der Waals surface area contributed by atoms with E-state index in [1.165, 1.54) is 4.90 Å². The third-order valence-electron chi connectivity index (χ3n) is 3.24. The Balaban J connectivity index is 2.54. The Morgan fingerprint density at radius 1 is 1.14 bits per heavy atom. The number of carboxylic acid groups (broad SMARTS) is 1. The van der Waals surface area contributed by atoms with Crippen molar-refractivity contribution in [3.8, 4) is 0 Å². The highest BCUT2D eigenvalue weighted by molar-refractivity contribution is 5.98. The molecule has 5 nitrogen and oxygen atoms in total. The molecule has 118 valence electrons. The molecule has 0 spiro atoms. The number of benzene rings is 1. The highest BCUT2D eigenvalue weighted by Gasteiger charge is 2.15. The molecule has 0 saturated heterocycles. The van der Waals surface area contributed by atoms with E-state index in [1.54, 1.807) is 18.2 Å². The first-order valence-corrected chi connectivity index (χ1v) is 7.14. The summed E-state index contributed by atoms with van der Waals surface area (Å²) in [5.41, 5.74) is 1.65. The van der Waals surface area contributed by atoms with Crippen LogP contribution in [0.3, 0.4) is 0 Å². The Bertz CT molecular complexity index is 548. The van der Waals surface area contributed by atoms with Crippen LogP contribution in [0.15, 0.2) is 36.9 Å². The smallest absolute Gasteiger partial charge is 0.305 e. The first-order chi connectivity index (χ1) is 10.4. The lowest BCUT2D eigenvalue weighted by molar-refractivity contribution is -0.138. The van der Waals surface area contributed by atoms with E-state index in [1.807, 2.05) is 19.1 Å². The number of Topliss-reactive ketones (excluding diaryl/α,β-unsaturated/α-hetero) is 1. The molecule has 0 aliphatic carbocycles. The van der Waals surface area contributed by atoms with Crippen molar-refractivity contribution in [2.45, 2.75) is 26.2 Å². The molecule has 22 heavy (non-hydrogen) atoms. The largest absolute Gasteiger partial charge is 0.481 e. The van der Waals surface area contributed by atoms with Crippen molar-refractivity contribution in [2.75, 3.05) is 13.1 Å². The van der Waals surface area contributed by atoms with E-state index in [9.17, 15) is 14.4 Å². The average Bonchev–Trinajstić information content (AvgIpc) is 2.49. The normalized spacial score (nSPS) is 10.0. The van der Waals surface area contributed by atoms with E-state index < -0.39 is 5.97 Å². The topological polar surface area (TPSA) is 74.7 Å². The number of ketones is 1. The Morgan fingerprint density at radius 2 is 1.77 bits per heavy atom. The van der Waals surface area contributed by atoms with Crippen LogP contribution in [0.1, 0.15) is 35.2 Å². The van der Waals surface area contributed by atoms with Gasteiger partial charge in [0.25, 0.3) is 0 Å². The first kappa shape index (κ1) is 17.6. The van der Waals surface area contributed by atoms with Gasteiger partial charge in [0.15, 0.2) is 5.78 Å². The second-order valence-electron chi connectivity index (χ2n) is 5.06. The van der Waals surface area contributed by atoms with Crippen molar-refractivity contribution in [2.24, 2.45) is 0 Å². The van der Waals surface area contributed by atoms with Crippen LogP contribution in [0, 0.1) is 6.92 Å². The van der Waals surface area contributed by atoms with E-state index in [0.717, 1.165) is 5.56 Å². The lowest BCUT2D eigenvalue weighted by Gasteiger charge is -2.20. The van der Waals surface area contributed by atoms with Crippen LogP contribution in [0.5, 0.6) is 0 Å². The average molecular weight is 303 g/mol. The third kappa shape index (κ3) is 5.91. The summed E-state index contributed by atoms with van der Waals surface area (Å²) in [5.74, 6) is -1.29.